The van der Waals surface area contributed by atoms with Gasteiger partial charge in [0.2, 0.25) is 5.91 Å². The van der Waals surface area contributed by atoms with E-state index in [0.717, 1.165) is 57.8 Å². The predicted octanol–water partition coefficient (Wildman–Crippen LogP) is 16.3. The van der Waals surface area contributed by atoms with E-state index >= 15 is 0 Å². The van der Waals surface area contributed by atoms with Gasteiger partial charge in [0.15, 0.2) is 0 Å². The van der Waals surface area contributed by atoms with Crippen LogP contribution in [0.5, 0.6) is 0 Å². The van der Waals surface area contributed by atoms with Crippen molar-refractivity contribution in [2.24, 2.45) is 0 Å². The Labute approximate surface area is 380 Å². The number of carbonyl (C=O) groups excluding carboxylic acids is 2. The fraction of sp³-hybridized carbons (Fsp3) is 0.891. The third kappa shape index (κ3) is 47.7. The molecule has 0 heterocycles. The lowest BCUT2D eigenvalue weighted by Gasteiger charge is -2.20. The lowest BCUT2D eigenvalue weighted by Crippen LogP contribution is -2.45. The molecule has 0 spiro atoms. The van der Waals surface area contributed by atoms with Crippen LogP contribution in [0.3, 0.4) is 0 Å². The zero-order chi connectivity index (χ0) is 44.4. The number of nitrogens with one attached hydrogen (secondary N) is 1. The van der Waals surface area contributed by atoms with Gasteiger partial charge in [-0.3, -0.25) is 9.59 Å². The summed E-state index contributed by atoms with van der Waals surface area (Å²) in [7, 11) is 0. The molecule has 0 aromatic rings. The van der Waals surface area contributed by atoms with E-state index in [1.165, 1.54) is 205 Å². The maximum Gasteiger partial charge on any atom is 0.305 e. The normalized spacial score (nSPS) is 12.8. The van der Waals surface area contributed by atoms with Crippen LogP contribution in [0.4, 0.5) is 0 Å². The van der Waals surface area contributed by atoms with E-state index in [9.17, 15) is 19.8 Å². The highest BCUT2D eigenvalue weighted by molar-refractivity contribution is 5.76. The van der Waals surface area contributed by atoms with Gasteiger partial charge in [-0.15, -0.1) is 0 Å². The first kappa shape index (κ1) is 59.3. The number of ether oxygens (including phenoxy) is 1. The van der Waals surface area contributed by atoms with Crippen molar-refractivity contribution in [3.05, 3.63) is 24.3 Å². The number of rotatable bonds is 50. The molecule has 6 nitrogen and oxygen atoms in total. The summed E-state index contributed by atoms with van der Waals surface area (Å²) >= 11 is 0. The molecule has 0 radical (unpaired) electrons. The lowest BCUT2D eigenvalue weighted by atomic mass is 10.0. The summed E-state index contributed by atoms with van der Waals surface area (Å²) in [6, 6.07) is -0.645. The van der Waals surface area contributed by atoms with Crippen LogP contribution >= 0.6 is 0 Å². The smallest absolute Gasteiger partial charge is 0.305 e. The first-order valence-electron chi connectivity index (χ1n) is 27.1. The van der Waals surface area contributed by atoms with Gasteiger partial charge in [-0.05, 0) is 57.8 Å². The fourth-order valence-electron chi connectivity index (χ4n) is 8.27. The molecule has 6 heteroatoms. The van der Waals surface area contributed by atoms with Gasteiger partial charge < -0.3 is 20.3 Å². The van der Waals surface area contributed by atoms with Gasteiger partial charge in [-0.2, -0.15) is 0 Å². The predicted molar refractivity (Wildman–Crippen MR) is 264 cm³/mol. The van der Waals surface area contributed by atoms with Crippen LogP contribution in [0.1, 0.15) is 290 Å². The van der Waals surface area contributed by atoms with Crippen LogP contribution in [0.15, 0.2) is 24.3 Å². The summed E-state index contributed by atoms with van der Waals surface area (Å²) in [5.74, 6) is -0.114. The molecule has 0 bridgehead atoms. The molecule has 2 unspecified atom stereocenters. The second-order valence-electron chi connectivity index (χ2n) is 18.6. The van der Waals surface area contributed by atoms with Gasteiger partial charge in [0.25, 0.3) is 0 Å². The fourth-order valence-corrected chi connectivity index (χ4v) is 8.27. The second-order valence-corrected chi connectivity index (χ2v) is 18.6. The van der Waals surface area contributed by atoms with E-state index in [4.69, 9.17) is 4.74 Å². The van der Waals surface area contributed by atoms with Gasteiger partial charge in [0.05, 0.1) is 25.4 Å². The van der Waals surface area contributed by atoms with Crippen molar-refractivity contribution >= 4 is 11.9 Å². The quantitative estimate of drug-likeness (QED) is 0.0322. The number of aliphatic hydroxyl groups excluding tert-OH is 2. The Hall–Kier alpha value is -1.66. The summed E-state index contributed by atoms with van der Waals surface area (Å²) in [4.78, 5) is 24.5. The molecule has 0 rings (SSSR count). The van der Waals surface area contributed by atoms with Gasteiger partial charge in [0.1, 0.15) is 0 Å². The van der Waals surface area contributed by atoms with Crippen molar-refractivity contribution in [1.29, 1.82) is 0 Å². The average molecular weight is 860 g/mol. The third-order valence-electron chi connectivity index (χ3n) is 12.5. The number of carbonyl (C=O) groups is 2. The molecule has 0 aromatic heterocycles. The number of hydrogen-bond donors (Lipinski definition) is 3. The topological polar surface area (TPSA) is 95.9 Å². The van der Waals surface area contributed by atoms with Crippen LogP contribution in [-0.4, -0.2) is 47.4 Å². The third-order valence-corrected chi connectivity index (χ3v) is 12.5. The van der Waals surface area contributed by atoms with E-state index in [-0.39, 0.29) is 18.5 Å². The van der Waals surface area contributed by atoms with E-state index < -0.39 is 12.1 Å². The summed E-state index contributed by atoms with van der Waals surface area (Å²) in [5, 5.41) is 23.1. The molecule has 3 N–H and O–H groups in total. The molecule has 2 atom stereocenters. The highest BCUT2D eigenvalue weighted by atomic mass is 16.5. The molecular weight excluding hydrogens is 755 g/mol. The SMILES string of the molecule is CCCCCCCC/C=C\CCCCCCCCCC(=O)OCCCCCCCCCCCCC(=O)NC(CO)C(O)/C=C/CCCCCCCCCCCCCCCCC. The number of esters is 1. The van der Waals surface area contributed by atoms with E-state index in [0.29, 0.717) is 19.4 Å². The van der Waals surface area contributed by atoms with E-state index in [1.54, 1.807) is 6.08 Å². The molecule has 1 amide bonds. The minimum Gasteiger partial charge on any atom is -0.466 e. The largest absolute Gasteiger partial charge is 0.466 e. The number of amides is 1. The van der Waals surface area contributed by atoms with Crippen molar-refractivity contribution in [3.8, 4) is 0 Å². The highest BCUT2D eigenvalue weighted by Crippen LogP contribution is 2.16. The minimum atomic E-state index is -0.859. The van der Waals surface area contributed by atoms with Crippen LogP contribution in [0, 0.1) is 0 Å². The minimum absolute atomic E-state index is 0.0240. The maximum absolute atomic E-state index is 12.4. The molecule has 0 saturated carbocycles. The number of hydrogen-bond acceptors (Lipinski definition) is 5. The number of aliphatic hydroxyl groups is 2. The highest BCUT2D eigenvalue weighted by Gasteiger charge is 2.18. The Kier molecular flexibility index (Phi) is 49.6. The van der Waals surface area contributed by atoms with Gasteiger partial charge in [-0.25, -0.2) is 0 Å². The van der Waals surface area contributed by atoms with Crippen molar-refractivity contribution in [1.82, 2.24) is 5.32 Å². The van der Waals surface area contributed by atoms with Crippen LogP contribution in [0.2, 0.25) is 0 Å². The molecule has 0 aliphatic rings. The maximum atomic E-state index is 12.4. The summed E-state index contributed by atoms with van der Waals surface area (Å²) < 4.78 is 5.46. The van der Waals surface area contributed by atoms with E-state index in [2.05, 4.69) is 31.3 Å². The summed E-state index contributed by atoms with van der Waals surface area (Å²) in [6.45, 7) is 4.85. The Morgan fingerprint density at radius 3 is 1.16 bits per heavy atom. The van der Waals surface area contributed by atoms with Gasteiger partial charge in [0, 0.05) is 12.8 Å². The monoisotopic (exact) mass is 860 g/mol. The van der Waals surface area contributed by atoms with Crippen molar-refractivity contribution in [2.75, 3.05) is 13.2 Å². The molecule has 360 valence electrons. The van der Waals surface area contributed by atoms with Crippen LogP contribution in [-0.2, 0) is 14.3 Å². The number of allylic oxidation sites excluding steroid dienone is 3. The van der Waals surface area contributed by atoms with Crippen molar-refractivity contribution in [2.45, 2.75) is 302 Å². The molecule has 0 aliphatic carbocycles. The summed E-state index contributed by atoms with van der Waals surface area (Å²) in [6.07, 6.45) is 60.3. The van der Waals surface area contributed by atoms with Crippen molar-refractivity contribution < 1.29 is 24.5 Å². The zero-order valence-corrected chi connectivity index (χ0v) is 40.9. The van der Waals surface area contributed by atoms with Crippen LogP contribution in [0.25, 0.3) is 0 Å². The zero-order valence-electron chi connectivity index (χ0n) is 40.9. The first-order chi connectivity index (χ1) is 30.0. The molecular formula is C55H105NO5. The molecule has 0 saturated heterocycles. The first-order valence-corrected chi connectivity index (χ1v) is 27.1. The Bertz CT molecular complexity index is 951. The van der Waals surface area contributed by atoms with E-state index in [1.807, 2.05) is 6.08 Å². The van der Waals surface area contributed by atoms with Crippen molar-refractivity contribution in [3.63, 3.8) is 0 Å². The molecule has 0 aliphatic heterocycles. The molecule has 0 aromatic carbocycles. The second kappa shape index (κ2) is 51.0. The van der Waals surface area contributed by atoms with Gasteiger partial charge >= 0.3 is 5.97 Å². The summed E-state index contributed by atoms with van der Waals surface area (Å²) in [5.41, 5.74) is 0. The Morgan fingerprint density at radius 2 is 0.770 bits per heavy atom. The molecule has 61 heavy (non-hydrogen) atoms. The van der Waals surface area contributed by atoms with Gasteiger partial charge in [-0.1, -0.05) is 244 Å². The molecule has 0 fully saturated rings. The lowest BCUT2D eigenvalue weighted by molar-refractivity contribution is -0.143. The standard InChI is InChI=1S/C55H105NO5/c1-3-5-7-9-11-13-15-17-19-21-23-25-27-31-35-39-43-47-53(58)52(51-57)56-54(59)48-44-40-36-32-29-30-34-38-42-46-50-61-55(60)49-45-41-37-33-28-26-24-22-20-18-16-14-12-10-8-6-4-2/h18,20,43,47,52-53,57-58H,3-17,19,21-42,44-46,48-51H2,1-2H3,(H,56,59)/b20-18-,47-43+. The Morgan fingerprint density at radius 1 is 0.443 bits per heavy atom. The Balaban J connectivity index is 3.50. The number of unbranched alkanes of at least 4 members (excludes halogenated alkanes) is 37. The van der Waals surface area contributed by atoms with Crippen LogP contribution < -0.4 is 5.32 Å². The average Bonchev–Trinajstić information content (AvgIpc) is 3.26.